The zero-order valence-corrected chi connectivity index (χ0v) is 16.0. The van der Waals surface area contributed by atoms with Crippen molar-refractivity contribution in [2.75, 3.05) is 6.54 Å². The first kappa shape index (κ1) is 17.8. The van der Waals surface area contributed by atoms with Crippen LogP contribution in [0.25, 0.3) is 0 Å². The van der Waals surface area contributed by atoms with E-state index in [0.29, 0.717) is 17.5 Å². The molecule has 1 atom stereocenters. The van der Waals surface area contributed by atoms with Crippen molar-refractivity contribution in [3.05, 3.63) is 56.2 Å². The molecule has 0 aliphatic carbocycles. The number of fused-ring (bicyclic) bond motifs is 1. The Kier molecular flexibility index (Phi) is 5.34. The van der Waals surface area contributed by atoms with Crippen LogP contribution in [0.3, 0.4) is 0 Å². The van der Waals surface area contributed by atoms with E-state index in [0.717, 1.165) is 9.35 Å². The van der Waals surface area contributed by atoms with Crippen LogP contribution in [0.2, 0.25) is 0 Å². The molecule has 1 aliphatic heterocycles. The van der Waals surface area contributed by atoms with Crippen molar-refractivity contribution in [3.63, 3.8) is 0 Å². The molecule has 3 amide bonds. The fraction of sp³-hybridized carbons (Fsp3) is 0.278. The van der Waals surface area contributed by atoms with E-state index in [-0.39, 0.29) is 36.7 Å². The van der Waals surface area contributed by atoms with E-state index in [1.165, 1.54) is 4.90 Å². The average molecular weight is 421 g/mol. The number of thiophene rings is 1. The number of nitrogens with zero attached hydrogens (tertiary/aromatic N) is 1. The molecule has 0 saturated heterocycles. The van der Waals surface area contributed by atoms with Gasteiger partial charge in [0.1, 0.15) is 0 Å². The molecular weight excluding hydrogens is 404 g/mol. The summed E-state index contributed by atoms with van der Waals surface area (Å²) < 4.78 is 0.760. The minimum Gasteiger partial charge on any atom is -0.349 e. The second-order valence-corrected chi connectivity index (χ2v) is 7.75. The first-order chi connectivity index (χ1) is 12.0. The maximum absolute atomic E-state index is 12.4. The van der Waals surface area contributed by atoms with Crippen LogP contribution in [0.4, 0.5) is 0 Å². The highest BCUT2D eigenvalue weighted by molar-refractivity contribution is 9.10. The van der Waals surface area contributed by atoms with Gasteiger partial charge in [-0.15, -0.1) is 11.3 Å². The molecule has 7 heteroatoms. The quantitative estimate of drug-likeness (QED) is 0.723. The van der Waals surface area contributed by atoms with Gasteiger partial charge in [-0.1, -0.05) is 22.0 Å². The summed E-state index contributed by atoms with van der Waals surface area (Å²) in [6.45, 7) is 2.18. The lowest BCUT2D eigenvalue weighted by atomic mass is 10.1. The molecule has 1 aromatic carbocycles. The summed E-state index contributed by atoms with van der Waals surface area (Å²) >= 11 is 4.90. The number of hydrogen-bond donors (Lipinski definition) is 1. The van der Waals surface area contributed by atoms with Gasteiger partial charge in [-0.05, 0) is 43.0 Å². The SMILES string of the molecule is C[C@@H](NC(=O)CCCN1C(=O)c2ccc(Br)cc2C1=O)c1cccs1. The summed E-state index contributed by atoms with van der Waals surface area (Å²) in [6.07, 6.45) is 0.711. The van der Waals surface area contributed by atoms with Crippen molar-refractivity contribution < 1.29 is 14.4 Å². The van der Waals surface area contributed by atoms with Gasteiger partial charge in [-0.3, -0.25) is 19.3 Å². The predicted molar refractivity (Wildman–Crippen MR) is 99.6 cm³/mol. The van der Waals surface area contributed by atoms with Crippen molar-refractivity contribution in [1.82, 2.24) is 10.2 Å². The molecule has 130 valence electrons. The Balaban J connectivity index is 1.52. The van der Waals surface area contributed by atoms with Crippen molar-refractivity contribution in [2.45, 2.75) is 25.8 Å². The molecule has 2 aromatic rings. The van der Waals surface area contributed by atoms with Crippen molar-refractivity contribution in [2.24, 2.45) is 0 Å². The van der Waals surface area contributed by atoms with E-state index < -0.39 is 0 Å². The van der Waals surface area contributed by atoms with E-state index in [1.807, 2.05) is 24.4 Å². The van der Waals surface area contributed by atoms with Crippen molar-refractivity contribution in [1.29, 1.82) is 0 Å². The summed E-state index contributed by atoms with van der Waals surface area (Å²) in [5.41, 5.74) is 0.833. The molecule has 1 aliphatic rings. The molecule has 1 N–H and O–H groups in total. The summed E-state index contributed by atoms with van der Waals surface area (Å²) in [7, 11) is 0. The summed E-state index contributed by atoms with van der Waals surface area (Å²) in [6, 6.07) is 8.94. The van der Waals surface area contributed by atoms with Gasteiger partial charge in [0, 0.05) is 22.3 Å². The molecule has 0 fully saturated rings. The number of imide groups is 1. The first-order valence-corrected chi connectivity index (χ1v) is 9.63. The Morgan fingerprint density at radius 3 is 2.72 bits per heavy atom. The highest BCUT2D eigenvalue weighted by Crippen LogP contribution is 2.26. The molecule has 1 aromatic heterocycles. The third kappa shape index (κ3) is 3.82. The van der Waals surface area contributed by atoms with Gasteiger partial charge in [0.25, 0.3) is 11.8 Å². The van der Waals surface area contributed by atoms with Crippen LogP contribution in [0, 0.1) is 0 Å². The van der Waals surface area contributed by atoms with Crippen LogP contribution < -0.4 is 5.32 Å². The monoisotopic (exact) mass is 420 g/mol. The van der Waals surface area contributed by atoms with Crippen LogP contribution in [-0.4, -0.2) is 29.2 Å². The largest absolute Gasteiger partial charge is 0.349 e. The highest BCUT2D eigenvalue weighted by atomic mass is 79.9. The van der Waals surface area contributed by atoms with Crippen LogP contribution in [-0.2, 0) is 4.79 Å². The second-order valence-electron chi connectivity index (χ2n) is 5.86. The maximum atomic E-state index is 12.4. The van der Waals surface area contributed by atoms with E-state index in [2.05, 4.69) is 21.2 Å². The minimum atomic E-state index is -0.298. The number of nitrogens with one attached hydrogen (secondary N) is 1. The second kappa shape index (κ2) is 7.49. The molecular formula is C18H17BrN2O3S. The van der Waals surface area contributed by atoms with Crippen molar-refractivity contribution >= 4 is 45.0 Å². The summed E-state index contributed by atoms with van der Waals surface area (Å²) in [5, 5.41) is 4.90. The fourth-order valence-electron chi connectivity index (χ4n) is 2.79. The Bertz CT molecular complexity index is 820. The molecule has 2 heterocycles. The lowest BCUT2D eigenvalue weighted by Crippen LogP contribution is -2.32. The van der Waals surface area contributed by atoms with Crippen molar-refractivity contribution in [3.8, 4) is 0 Å². The summed E-state index contributed by atoms with van der Waals surface area (Å²) in [4.78, 5) is 39.0. The van der Waals surface area contributed by atoms with E-state index in [9.17, 15) is 14.4 Å². The number of rotatable bonds is 6. The van der Waals surface area contributed by atoms with Crippen LogP contribution >= 0.6 is 27.3 Å². The van der Waals surface area contributed by atoms with Gasteiger partial charge in [-0.25, -0.2) is 0 Å². The number of carbonyl (C=O) groups is 3. The maximum Gasteiger partial charge on any atom is 0.261 e. The normalized spacial score (nSPS) is 14.6. The number of halogens is 1. The molecule has 25 heavy (non-hydrogen) atoms. The Hall–Kier alpha value is -1.99. The Morgan fingerprint density at radius 1 is 1.24 bits per heavy atom. The highest BCUT2D eigenvalue weighted by Gasteiger charge is 2.35. The van der Waals surface area contributed by atoms with E-state index in [4.69, 9.17) is 0 Å². The molecule has 0 saturated carbocycles. The smallest absolute Gasteiger partial charge is 0.261 e. The predicted octanol–water partition coefficient (Wildman–Crippen LogP) is 3.76. The lowest BCUT2D eigenvalue weighted by molar-refractivity contribution is -0.121. The van der Waals surface area contributed by atoms with Crippen LogP contribution in [0.15, 0.2) is 40.2 Å². The number of benzene rings is 1. The summed E-state index contributed by atoms with van der Waals surface area (Å²) in [5.74, 6) is -0.672. The Labute approximate surface area is 158 Å². The molecule has 5 nitrogen and oxygen atoms in total. The molecule has 0 spiro atoms. The van der Waals surface area contributed by atoms with Gasteiger partial charge in [-0.2, -0.15) is 0 Å². The number of hydrogen-bond acceptors (Lipinski definition) is 4. The zero-order chi connectivity index (χ0) is 18.0. The Morgan fingerprint density at radius 2 is 2.00 bits per heavy atom. The topological polar surface area (TPSA) is 66.5 Å². The van der Waals surface area contributed by atoms with E-state index in [1.54, 1.807) is 29.5 Å². The van der Waals surface area contributed by atoms with Gasteiger partial charge < -0.3 is 5.32 Å². The van der Waals surface area contributed by atoms with E-state index >= 15 is 0 Å². The minimum absolute atomic E-state index is 0.0378. The average Bonchev–Trinajstić information content (AvgIpc) is 3.18. The molecule has 0 radical (unpaired) electrons. The fourth-order valence-corrected chi connectivity index (χ4v) is 3.88. The van der Waals surface area contributed by atoms with Gasteiger partial charge in [0.15, 0.2) is 0 Å². The van der Waals surface area contributed by atoms with Gasteiger partial charge in [0.05, 0.1) is 17.2 Å². The van der Waals surface area contributed by atoms with Crippen LogP contribution in [0.5, 0.6) is 0 Å². The lowest BCUT2D eigenvalue weighted by Gasteiger charge is -2.15. The number of amides is 3. The molecule has 0 unspecified atom stereocenters. The third-order valence-corrected chi connectivity index (χ3v) is 5.61. The third-order valence-electron chi connectivity index (χ3n) is 4.07. The molecule has 0 bridgehead atoms. The van der Waals surface area contributed by atoms with Gasteiger partial charge >= 0.3 is 0 Å². The van der Waals surface area contributed by atoms with Crippen LogP contribution in [0.1, 0.15) is 51.4 Å². The standard InChI is InChI=1S/C18H17BrN2O3S/c1-11(15-4-3-9-25-15)20-16(22)5-2-8-21-17(23)13-7-6-12(19)10-14(13)18(21)24/h3-4,6-7,9-11H,2,5,8H2,1H3,(H,20,22)/t11-/m1/s1. The molecule has 3 rings (SSSR count). The van der Waals surface area contributed by atoms with Gasteiger partial charge in [0.2, 0.25) is 5.91 Å². The zero-order valence-electron chi connectivity index (χ0n) is 13.6. The first-order valence-electron chi connectivity index (χ1n) is 7.96. The number of carbonyl (C=O) groups excluding carboxylic acids is 3.